The van der Waals surface area contributed by atoms with Crippen LogP contribution in [0, 0.1) is 17.2 Å². The molecule has 0 bridgehead atoms. The van der Waals surface area contributed by atoms with Gasteiger partial charge in [-0.05, 0) is 48.3 Å². The van der Waals surface area contributed by atoms with Crippen molar-refractivity contribution in [2.45, 2.75) is 52.7 Å². The molecule has 2 N–H and O–H groups in total. The molecule has 0 aliphatic heterocycles. The van der Waals surface area contributed by atoms with Crippen molar-refractivity contribution in [1.82, 2.24) is 0 Å². The van der Waals surface area contributed by atoms with Gasteiger partial charge in [-0.3, -0.25) is 0 Å². The van der Waals surface area contributed by atoms with Crippen LogP contribution in [0.3, 0.4) is 0 Å². The summed E-state index contributed by atoms with van der Waals surface area (Å²) in [5.74, 6) is 0.329. The van der Waals surface area contributed by atoms with E-state index in [2.05, 4.69) is 20.8 Å². The second kappa shape index (κ2) is 5.49. The van der Waals surface area contributed by atoms with E-state index in [1.165, 1.54) is 12.5 Å². The number of benzene rings is 1. The zero-order valence-electron chi connectivity index (χ0n) is 12.1. The van der Waals surface area contributed by atoms with E-state index in [1.54, 1.807) is 6.07 Å². The highest BCUT2D eigenvalue weighted by Gasteiger charge is 2.32. The second-order valence-corrected chi connectivity index (χ2v) is 6.70. The lowest BCUT2D eigenvalue weighted by Gasteiger charge is -2.38. The number of hydrogen-bond acceptors (Lipinski definition) is 2. The summed E-state index contributed by atoms with van der Waals surface area (Å²) in [5, 5.41) is 0. The largest absolute Gasteiger partial charge is 0.396 e. The first kappa shape index (κ1) is 14.3. The summed E-state index contributed by atoms with van der Waals surface area (Å²) in [4.78, 5) is 0. The van der Waals surface area contributed by atoms with Crippen LogP contribution in [0.25, 0.3) is 0 Å². The van der Waals surface area contributed by atoms with Crippen LogP contribution in [0.15, 0.2) is 18.2 Å². The Morgan fingerprint density at radius 2 is 2.11 bits per heavy atom. The van der Waals surface area contributed by atoms with Crippen LogP contribution in [0.4, 0.5) is 10.1 Å². The third-order valence-corrected chi connectivity index (χ3v) is 3.90. The van der Waals surface area contributed by atoms with E-state index >= 15 is 0 Å². The lowest BCUT2D eigenvalue weighted by Crippen LogP contribution is -2.32. The Morgan fingerprint density at radius 1 is 1.37 bits per heavy atom. The van der Waals surface area contributed by atoms with Crippen molar-refractivity contribution in [3.05, 3.63) is 29.6 Å². The molecule has 2 unspecified atom stereocenters. The van der Waals surface area contributed by atoms with Gasteiger partial charge in [0.1, 0.15) is 5.82 Å². The average Bonchev–Trinajstić information content (AvgIpc) is 2.28. The summed E-state index contributed by atoms with van der Waals surface area (Å²) < 4.78 is 19.3. The summed E-state index contributed by atoms with van der Waals surface area (Å²) >= 11 is 0. The number of rotatable bonds is 3. The van der Waals surface area contributed by atoms with Crippen molar-refractivity contribution in [2.75, 3.05) is 5.73 Å². The maximum Gasteiger partial charge on any atom is 0.146 e. The van der Waals surface area contributed by atoms with Crippen molar-refractivity contribution >= 4 is 5.69 Å². The first-order valence-electron chi connectivity index (χ1n) is 7.01. The monoisotopic (exact) mass is 265 g/mol. The van der Waals surface area contributed by atoms with Gasteiger partial charge in [-0.1, -0.05) is 26.8 Å². The molecule has 1 fully saturated rings. The molecule has 2 atom stereocenters. The van der Waals surface area contributed by atoms with E-state index in [0.29, 0.717) is 17.9 Å². The molecular formula is C16H24FNO. The van der Waals surface area contributed by atoms with E-state index in [-0.39, 0.29) is 17.6 Å². The molecule has 0 radical (unpaired) electrons. The van der Waals surface area contributed by atoms with Crippen molar-refractivity contribution < 1.29 is 9.13 Å². The van der Waals surface area contributed by atoms with Gasteiger partial charge in [0.05, 0.1) is 18.4 Å². The maximum absolute atomic E-state index is 13.3. The van der Waals surface area contributed by atoms with Gasteiger partial charge in [-0.15, -0.1) is 0 Å². The predicted molar refractivity (Wildman–Crippen MR) is 76.2 cm³/mol. The Labute approximate surface area is 115 Å². The van der Waals surface area contributed by atoms with Crippen LogP contribution in [0.1, 0.15) is 45.6 Å². The summed E-state index contributed by atoms with van der Waals surface area (Å²) in [6, 6.07) is 4.89. The van der Waals surface area contributed by atoms with Crippen LogP contribution in [-0.2, 0) is 11.3 Å². The van der Waals surface area contributed by atoms with Crippen LogP contribution in [0.2, 0.25) is 0 Å². The second-order valence-electron chi connectivity index (χ2n) is 6.70. The Kier molecular flexibility index (Phi) is 4.14. The molecule has 0 saturated heterocycles. The van der Waals surface area contributed by atoms with Crippen molar-refractivity contribution in [1.29, 1.82) is 0 Å². The van der Waals surface area contributed by atoms with Crippen LogP contribution in [-0.4, -0.2) is 6.10 Å². The molecule has 1 aliphatic carbocycles. The molecule has 1 aliphatic rings. The van der Waals surface area contributed by atoms with Gasteiger partial charge >= 0.3 is 0 Å². The highest BCUT2D eigenvalue weighted by Crippen LogP contribution is 2.39. The molecule has 1 aromatic rings. The van der Waals surface area contributed by atoms with Gasteiger partial charge in [0, 0.05) is 0 Å². The molecule has 106 valence electrons. The number of anilines is 1. The minimum Gasteiger partial charge on any atom is -0.396 e. The highest BCUT2D eigenvalue weighted by atomic mass is 19.1. The van der Waals surface area contributed by atoms with E-state index < -0.39 is 0 Å². The fourth-order valence-corrected chi connectivity index (χ4v) is 3.26. The molecule has 1 saturated carbocycles. The van der Waals surface area contributed by atoms with E-state index in [0.717, 1.165) is 18.4 Å². The Hall–Kier alpha value is -1.09. The maximum atomic E-state index is 13.3. The smallest absolute Gasteiger partial charge is 0.146 e. The van der Waals surface area contributed by atoms with Crippen LogP contribution in [0.5, 0.6) is 0 Å². The summed E-state index contributed by atoms with van der Waals surface area (Å²) in [6.07, 6.45) is 3.71. The number of nitrogens with two attached hydrogens (primary N) is 1. The average molecular weight is 265 g/mol. The predicted octanol–water partition coefficient (Wildman–Crippen LogP) is 4.14. The number of halogens is 1. The molecule has 2 rings (SSSR count). The topological polar surface area (TPSA) is 35.2 Å². The minimum atomic E-state index is -0.363. The molecule has 0 spiro atoms. The van der Waals surface area contributed by atoms with Gasteiger partial charge < -0.3 is 10.5 Å². The van der Waals surface area contributed by atoms with Crippen LogP contribution < -0.4 is 5.73 Å². The first-order valence-corrected chi connectivity index (χ1v) is 7.01. The first-order chi connectivity index (χ1) is 8.85. The number of nitrogen functional groups attached to an aromatic ring is 1. The molecule has 0 aromatic heterocycles. The zero-order chi connectivity index (χ0) is 14.0. The standard InChI is InChI=1S/C16H24FNO/c1-11-6-13(9-16(2,3)8-11)19-10-12-4-5-15(18)14(17)7-12/h4-5,7,11,13H,6,8-10,18H2,1-3H3. The normalized spacial score (nSPS) is 26.3. The fraction of sp³-hybridized carbons (Fsp3) is 0.625. The lowest BCUT2D eigenvalue weighted by atomic mass is 9.71. The Morgan fingerprint density at radius 3 is 2.74 bits per heavy atom. The molecule has 0 amide bonds. The van der Waals surface area contributed by atoms with E-state index in [4.69, 9.17) is 10.5 Å². The summed E-state index contributed by atoms with van der Waals surface area (Å²) in [7, 11) is 0. The van der Waals surface area contributed by atoms with Gasteiger partial charge in [0.15, 0.2) is 0 Å². The summed E-state index contributed by atoms with van der Waals surface area (Å²) in [6.45, 7) is 7.33. The molecule has 2 nitrogen and oxygen atoms in total. The highest BCUT2D eigenvalue weighted by molar-refractivity contribution is 5.41. The van der Waals surface area contributed by atoms with Gasteiger partial charge in [-0.2, -0.15) is 0 Å². The van der Waals surface area contributed by atoms with Crippen molar-refractivity contribution in [2.24, 2.45) is 11.3 Å². The fourth-order valence-electron chi connectivity index (χ4n) is 3.26. The lowest BCUT2D eigenvalue weighted by molar-refractivity contribution is -0.0316. The third-order valence-electron chi connectivity index (χ3n) is 3.90. The Balaban J connectivity index is 1.93. The molecule has 19 heavy (non-hydrogen) atoms. The molecule has 0 heterocycles. The van der Waals surface area contributed by atoms with Crippen molar-refractivity contribution in [3.63, 3.8) is 0 Å². The Bertz CT molecular complexity index is 444. The number of ether oxygens (including phenoxy) is 1. The van der Waals surface area contributed by atoms with E-state index in [1.807, 2.05) is 6.07 Å². The zero-order valence-corrected chi connectivity index (χ0v) is 12.1. The van der Waals surface area contributed by atoms with E-state index in [9.17, 15) is 4.39 Å². The number of hydrogen-bond donors (Lipinski definition) is 1. The molecule has 3 heteroatoms. The van der Waals surface area contributed by atoms with Gasteiger partial charge in [0.25, 0.3) is 0 Å². The summed E-state index contributed by atoms with van der Waals surface area (Å²) in [5.41, 5.74) is 6.85. The van der Waals surface area contributed by atoms with Gasteiger partial charge in [0.2, 0.25) is 0 Å². The van der Waals surface area contributed by atoms with Crippen molar-refractivity contribution in [3.8, 4) is 0 Å². The van der Waals surface area contributed by atoms with Crippen LogP contribution >= 0.6 is 0 Å². The minimum absolute atomic E-state index is 0.191. The SMILES string of the molecule is CC1CC(OCc2ccc(N)c(F)c2)CC(C)(C)C1. The molecular weight excluding hydrogens is 241 g/mol. The van der Waals surface area contributed by atoms with Gasteiger partial charge in [-0.25, -0.2) is 4.39 Å². The molecule has 1 aromatic carbocycles. The quantitative estimate of drug-likeness (QED) is 0.834. The third kappa shape index (κ3) is 3.93.